The average molecular weight is 542 g/mol. The maximum absolute atomic E-state index is 12.1. The van der Waals surface area contributed by atoms with Crippen molar-refractivity contribution >= 4 is 40.4 Å². The Morgan fingerprint density at radius 2 is 2.00 bits per heavy atom. The van der Waals surface area contributed by atoms with Crippen molar-refractivity contribution in [3.63, 3.8) is 0 Å². The number of phosphoric ester groups is 2. The van der Waals surface area contributed by atoms with Gasteiger partial charge in [0, 0.05) is 13.5 Å². The predicted molar refractivity (Wildman–Crippen MR) is 109 cm³/mol. The first-order chi connectivity index (χ1) is 15.9. The lowest BCUT2D eigenvalue weighted by Crippen LogP contribution is -2.29. The van der Waals surface area contributed by atoms with E-state index in [4.69, 9.17) is 26.5 Å². The van der Waals surface area contributed by atoms with Crippen molar-refractivity contribution in [1.29, 1.82) is 0 Å². The van der Waals surface area contributed by atoms with E-state index in [1.54, 1.807) is 0 Å². The number of hydrogen-bond acceptors (Lipinski definition) is 14. The predicted octanol–water partition coefficient (Wildman–Crippen LogP) is 0.0798. The van der Waals surface area contributed by atoms with Crippen LogP contribution in [0.1, 0.15) is 12.6 Å². The molecule has 0 aromatic carbocycles. The smallest absolute Gasteiger partial charge is 0.478 e. The number of terminal acetylenes is 1. The van der Waals surface area contributed by atoms with E-state index < -0.39 is 48.5 Å². The lowest BCUT2D eigenvalue weighted by Gasteiger charge is -2.26. The summed E-state index contributed by atoms with van der Waals surface area (Å²) in [7, 11) is -15.6. The summed E-state index contributed by atoms with van der Waals surface area (Å²) in [6.45, 7) is -0.832. The highest BCUT2D eigenvalue weighted by molar-refractivity contribution is 7.66. The number of nitrogens with zero attached hydrogens (tertiary/aromatic N) is 4. The quantitative estimate of drug-likeness (QED) is 0.251. The molecule has 1 aliphatic rings. The lowest BCUT2D eigenvalue weighted by molar-refractivity contribution is -0.211. The molecule has 0 radical (unpaired) electrons. The first-order valence-corrected chi connectivity index (χ1v) is 13.5. The number of rotatable bonds is 11. The second-order valence-corrected chi connectivity index (χ2v) is 11.2. The minimum Gasteiger partial charge on any atom is -0.756 e. The number of fused-ring (bicyclic) bond motifs is 1. The molecule has 4 N–H and O–H groups in total. The molecule has 1 saturated heterocycles. The van der Waals surface area contributed by atoms with Gasteiger partial charge in [-0.25, -0.2) is 32.7 Å². The molecule has 0 spiro atoms. The molecule has 17 nitrogen and oxygen atoms in total. The van der Waals surface area contributed by atoms with Gasteiger partial charge in [0.1, 0.15) is 30.8 Å². The molecule has 6 atom stereocenters. The van der Waals surface area contributed by atoms with Gasteiger partial charge in [0.05, 0.1) is 19.0 Å². The van der Waals surface area contributed by atoms with E-state index in [2.05, 4.69) is 38.5 Å². The summed E-state index contributed by atoms with van der Waals surface area (Å²) in [5.41, 5.74) is 6.45. The number of ether oxygens (including phenoxy) is 2. The van der Waals surface area contributed by atoms with E-state index in [1.807, 2.05) is 0 Å². The van der Waals surface area contributed by atoms with Crippen LogP contribution in [0, 0.1) is 12.3 Å². The van der Waals surface area contributed by atoms with E-state index >= 15 is 0 Å². The SMILES string of the molecule is C#CCOC1CC(n2cnc3c(N)ncnc32)OC1COP(=O)(O)OP(=O)([O-])OP(=O)(O)OC. The molecular formula is C14H19N5O12P3-. The van der Waals surface area contributed by atoms with Crippen molar-refractivity contribution in [3.05, 3.63) is 12.7 Å². The van der Waals surface area contributed by atoms with Crippen molar-refractivity contribution in [2.45, 2.75) is 24.9 Å². The van der Waals surface area contributed by atoms with Crippen LogP contribution in [0.4, 0.5) is 5.82 Å². The van der Waals surface area contributed by atoms with Gasteiger partial charge in [-0.15, -0.1) is 6.42 Å². The van der Waals surface area contributed by atoms with Gasteiger partial charge in [-0.1, -0.05) is 5.92 Å². The lowest BCUT2D eigenvalue weighted by atomic mass is 10.2. The van der Waals surface area contributed by atoms with Gasteiger partial charge >= 0.3 is 15.6 Å². The first kappa shape index (κ1) is 26.8. The third kappa shape index (κ3) is 6.67. The first-order valence-electron chi connectivity index (χ1n) is 9.09. The maximum Gasteiger partial charge on any atom is 0.478 e. The molecule has 20 heteroatoms. The van der Waals surface area contributed by atoms with Crippen LogP contribution in [0.3, 0.4) is 0 Å². The van der Waals surface area contributed by atoms with E-state index in [-0.39, 0.29) is 18.8 Å². The van der Waals surface area contributed by atoms with Gasteiger partial charge in [-0.05, 0) is 0 Å². The third-order valence-corrected chi connectivity index (χ3v) is 8.49. The van der Waals surface area contributed by atoms with Gasteiger partial charge in [0.2, 0.25) is 0 Å². The number of anilines is 1. The fourth-order valence-electron chi connectivity index (χ4n) is 2.92. The Hall–Kier alpha value is -1.76. The topological polar surface area (TPSA) is 240 Å². The average Bonchev–Trinajstić information content (AvgIpc) is 3.34. The van der Waals surface area contributed by atoms with E-state index in [9.17, 15) is 23.5 Å². The highest BCUT2D eigenvalue weighted by atomic mass is 31.3. The number of imidazole rings is 1. The van der Waals surface area contributed by atoms with E-state index in [1.165, 1.54) is 17.2 Å². The Balaban J connectivity index is 1.71. The fourth-order valence-corrected chi connectivity index (χ4v) is 6.12. The van der Waals surface area contributed by atoms with Crippen molar-refractivity contribution < 1.29 is 55.5 Å². The summed E-state index contributed by atoms with van der Waals surface area (Å²) < 4.78 is 64.0. The minimum absolute atomic E-state index is 0.128. The molecule has 0 amide bonds. The number of hydrogen-bond donors (Lipinski definition) is 3. The highest BCUT2D eigenvalue weighted by Crippen LogP contribution is 2.65. The zero-order valence-corrected chi connectivity index (χ0v) is 20.0. The van der Waals surface area contributed by atoms with Gasteiger partial charge in [-0.2, -0.15) is 0 Å². The molecule has 3 rings (SSSR count). The molecule has 2 aromatic heterocycles. The molecule has 6 unspecified atom stereocenters. The summed E-state index contributed by atoms with van der Waals surface area (Å²) in [6, 6.07) is 0. The third-order valence-electron chi connectivity index (χ3n) is 4.30. The molecule has 0 saturated carbocycles. The molecule has 2 aromatic rings. The second kappa shape index (κ2) is 10.5. The van der Waals surface area contributed by atoms with Crippen LogP contribution < -0.4 is 10.6 Å². The molecule has 34 heavy (non-hydrogen) atoms. The number of nitrogens with two attached hydrogens (primary N) is 1. The number of aromatic nitrogens is 4. The zero-order chi connectivity index (χ0) is 25.1. The Morgan fingerprint density at radius 1 is 1.29 bits per heavy atom. The van der Waals surface area contributed by atoms with Crippen molar-refractivity contribution in [3.8, 4) is 12.3 Å². The minimum atomic E-state index is -5.79. The Bertz CT molecular complexity index is 1220. The van der Waals surface area contributed by atoms with Gasteiger partial charge < -0.3 is 29.9 Å². The zero-order valence-electron chi connectivity index (χ0n) is 17.3. The standard InChI is InChI=1S/C14H20N5O12P3/c1-3-4-27-9-5-11(19-8-18-12-13(15)16-7-17-14(12)19)29-10(9)6-28-33(22,23)31-34(24,25)30-32(20,21)26-2/h1,7-11H,4-6H2,2H3,(H,20,21)(H,22,23)(H,24,25)(H2,15,16,17)/p-1. The van der Waals surface area contributed by atoms with E-state index in [0.29, 0.717) is 18.3 Å². The summed E-state index contributed by atoms with van der Waals surface area (Å²) in [4.78, 5) is 42.5. The molecule has 188 valence electrons. The summed E-state index contributed by atoms with van der Waals surface area (Å²) in [6.07, 6.45) is 5.48. The van der Waals surface area contributed by atoms with E-state index in [0.717, 1.165) is 0 Å². The summed E-state index contributed by atoms with van der Waals surface area (Å²) in [5, 5.41) is 0. The Labute approximate surface area is 192 Å². The van der Waals surface area contributed by atoms with Crippen LogP contribution in [0.5, 0.6) is 0 Å². The number of nitrogen functional groups attached to an aromatic ring is 1. The summed E-state index contributed by atoms with van der Waals surface area (Å²) >= 11 is 0. The molecule has 1 fully saturated rings. The molecular weight excluding hydrogens is 523 g/mol. The van der Waals surface area contributed by atoms with Gasteiger partial charge in [0.25, 0.3) is 7.82 Å². The largest absolute Gasteiger partial charge is 0.756 e. The number of phosphoric acid groups is 3. The van der Waals surface area contributed by atoms with Crippen LogP contribution in [0.2, 0.25) is 0 Å². The van der Waals surface area contributed by atoms with Crippen LogP contribution in [0.25, 0.3) is 11.2 Å². The van der Waals surface area contributed by atoms with Crippen LogP contribution in [-0.4, -0.2) is 61.8 Å². The molecule has 0 bridgehead atoms. The Kier molecular flexibility index (Phi) is 8.26. The van der Waals surface area contributed by atoms with Gasteiger partial charge in [-0.3, -0.25) is 18.2 Å². The van der Waals surface area contributed by atoms with Crippen LogP contribution in [0.15, 0.2) is 12.7 Å². The fraction of sp³-hybridized carbons (Fsp3) is 0.500. The van der Waals surface area contributed by atoms with Crippen LogP contribution in [-0.2, 0) is 40.8 Å². The maximum atomic E-state index is 12.1. The van der Waals surface area contributed by atoms with Gasteiger partial charge in [0.15, 0.2) is 11.5 Å². The molecule has 3 heterocycles. The van der Waals surface area contributed by atoms with Crippen molar-refractivity contribution in [1.82, 2.24) is 19.5 Å². The van der Waals surface area contributed by atoms with Crippen molar-refractivity contribution in [2.24, 2.45) is 0 Å². The molecule has 0 aliphatic carbocycles. The second-order valence-electron chi connectivity index (χ2n) is 6.53. The van der Waals surface area contributed by atoms with Crippen molar-refractivity contribution in [2.75, 3.05) is 26.1 Å². The Morgan fingerprint density at radius 3 is 2.68 bits per heavy atom. The monoisotopic (exact) mass is 542 g/mol. The highest BCUT2D eigenvalue weighted by Gasteiger charge is 2.41. The summed E-state index contributed by atoms with van der Waals surface area (Å²) in [5.74, 6) is 2.42. The normalized spacial score (nSPS) is 25.9. The van der Waals surface area contributed by atoms with Crippen LogP contribution >= 0.6 is 23.5 Å². The molecule has 1 aliphatic heterocycles.